The summed E-state index contributed by atoms with van der Waals surface area (Å²) in [4.78, 5) is 25.7. The number of pyridine rings is 2. The monoisotopic (exact) mass is 884 g/mol. The largest absolute Gasteiger partial charge is 0.417 e. The maximum atomic E-state index is 13.1. The smallest absolute Gasteiger partial charge is 0.340 e. The van der Waals surface area contributed by atoms with Crippen LogP contribution in [0.1, 0.15) is 28.1 Å². The van der Waals surface area contributed by atoms with Gasteiger partial charge in [0.25, 0.3) is 0 Å². The Bertz CT molecular complexity index is 2780. The summed E-state index contributed by atoms with van der Waals surface area (Å²) in [5.74, 6) is 1.17. The van der Waals surface area contributed by atoms with Crippen LogP contribution in [0.3, 0.4) is 0 Å². The Hall–Kier alpha value is -6.57. The predicted molar refractivity (Wildman–Crippen MR) is 204 cm³/mol. The minimum atomic E-state index is -4.53. The second-order valence-electron chi connectivity index (χ2n) is 12.7. The number of anilines is 4. The first-order valence-corrected chi connectivity index (χ1v) is 17.9. The molecule has 0 aliphatic rings. The summed E-state index contributed by atoms with van der Waals surface area (Å²) in [6.45, 7) is 3.34. The molecule has 8 rings (SSSR count). The molecule has 20 heteroatoms. The Kier molecular flexibility index (Phi) is 10.8. The van der Waals surface area contributed by atoms with E-state index in [2.05, 4.69) is 56.5 Å². The molecule has 0 aliphatic carbocycles. The summed E-state index contributed by atoms with van der Waals surface area (Å²) in [6, 6.07) is 19.6. The molecule has 0 atom stereocenters. The van der Waals surface area contributed by atoms with Gasteiger partial charge in [-0.2, -0.15) is 39.5 Å². The van der Waals surface area contributed by atoms with Crippen LogP contribution in [0, 0.1) is 13.8 Å². The maximum absolute atomic E-state index is 13.1. The van der Waals surface area contributed by atoms with Crippen molar-refractivity contribution in [3.63, 3.8) is 0 Å². The second-order valence-corrected chi connectivity index (χ2v) is 13.7. The quantitative estimate of drug-likeness (QED) is 0.159. The summed E-state index contributed by atoms with van der Waals surface area (Å²) in [6.07, 6.45) is -8.55. The second kappa shape index (κ2) is 15.6. The number of nitrogens with zero attached hydrogens (tertiary/aromatic N) is 8. The van der Waals surface area contributed by atoms with Crippen LogP contribution in [-0.2, 0) is 18.5 Å². The normalized spacial score (nSPS) is 12.1. The molecule has 0 spiro atoms. The van der Waals surface area contributed by atoms with E-state index in [0.717, 1.165) is 46.8 Å². The zero-order valence-corrected chi connectivity index (χ0v) is 31.8. The lowest BCUT2D eigenvalue weighted by Gasteiger charge is -2.10. The van der Waals surface area contributed by atoms with E-state index in [4.69, 9.17) is 0 Å². The zero-order valence-electron chi connectivity index (χ0n) is 30.2. The van der Waals surface area contributed by atoms with Gasteiger partial charge in [-0.25, -0.2) is 29.9 Å². The lowest BCUT2D eigenvalue weighted by Crippen LogP contribution is -2.07. The van der Waals surface area contributed by atoms with Gasteiger partial charge < -0.3 is 10.6 Å². The fourth-order valence-electron chi connectivity index (χ4n) is 5.86. The molecule has 59 heavy (non-hydrogen) atoms. The molecule has 6 aromatic heterocycles. The summed E-state index contributed by atoms with van der Waals surface area (Å²) in [7, 11) is 0. The Labute approximate surface area is 336 Å². The molecule has 6 heterocycles. The molecule has 0 fully saturated rings. The number of rotatable bonds is 6. The highest BCUT2D eigenvalue weighted by atomic mass is 79.9. The summed E-state index contributed by atoms with van der Waals surface area (Å²) in [5, 5.41) is 6.01. The maximum Gasteiger partial charge on any atom is 0.417 e. The van der Waals surface area contributed by atoms with E-state index in [1.54, 1.807) is 26.1 Å². The van der Waals surface area contributed by atoms with Gasteiger partial charge in [-0.05, 0) is 98.8 Å². The van der Waals surface area contributed by atoms with Crippen LogP contribution in [-0.4, -0.2) is 38.7 Å². The van der Waals surface area contributed by atoms with Gasteiger partial charge >= 0.3 is 18.5 Å². The minimum Gasteiger partial charge on any atom is -0.340 e. The van der Waals surface area contributed by atoms with Crippen molar-refractivity contribution >= 4 is 50.2 Å². The molecule has 0 amide bonds. The predicted octanol–water partition coefficient (Wildman–Crippen LogP) is 11.5. The van der Waals surface area contributed by atoms with Crippen molar-refractivity contribution in [1.82, 2.24) is 38.7 Å². The van der Waals surface area contributed by atoms with Crippen molar-refractivity contribution in [2.75, 3.05) is 10.6 Å². The standard InChI is InChI=1S/C20H13F6N5.C19H13BrF3N5/c1-11-17(31-10-13(20(24,25)26)4-7-16(31)28-11)18-27-9-8-15(30-18)29-14-5-2-12(3-6-14)19(21,22)23;1-11-17(28-10-12(19(21,22)23)2-7-16(28)25-11)18-24-9-8-15(27-18)26-14-5-3-13(20)4-6-14/h2-10H,1H3,(H,27,29,30);2-10H,1H3,(H,24,26,27). The number of halogens is 10. The van der Waals surface area contributed by atoms with Crippen LogP contribution in [0.4, 0.5) is 62.5 Å². The van der Waals surface area contributed by atoms with Crippen LogP contribution in [0.5, 0.6) is 0 Å². The van der Waals surface area contributed by atoms with Crippen molar-refractivity contribution in [3.05, 3.63) is 142 Å². The molecule has 0 radical (unpaired) electrons. The number of alkyl halides is 9. The molecule has 0 aliphatic heterocycles. The number of hydrogen-bond donors (Lipinski definition) is 2. The average molecular weight is 886 g/mol. The molecule has 0 bridgehead atoms. The van der Waals surface area contributed by atoms with E-state index < -0.39 is 35.2 Å². The molecule has 302 valence electrons. The highest BCUT2D eigenvalue weighted by molar-refractivity contribution is 9.10. The number of aryl methyl sites for hydroxylation is 2. The first kappa shape index (κ1) is 40.6. The topological polar surface area (TPSA) is 110 Å². The summed E-state index contributed by atoms with van der Waals surface area (Å²) < 4.78 is 120. The van der Waals surface area contributed by atoms with Gasteiger partial charge in [0.05, 0.1) is 28.1 Å². The molecular weight excluding hydrogens is 859 g/mol. The van der Waals surface area contributed by atoms with E-state index in [1.807, 2.05) is 24.3 Å². The average Bonchev–Trinajstić information content (AvgIpc) is 3.69. The van der Waals surface area contributed by atoms with Gasteiger partial charge in [-0.1, -0.05) is 15.9 Å². The van der Waals surface area contributed by atoms with Crippen molar-refractivity contribution < 1.29 is 39.5 Å². The lowest BCUT2D eigenvalue weighted by atomic mass is 10.2. The van der Waals surface area contributed by atoms with Gasteiger partial charge in [0, 0.05) is 40.6 Å². The fourth-order valence-corrected chi connectivity index (χ4v) is 6.12. The van der Waals surface area contributed by atoms with Gasteiger partial charge in [0.1, 0.15) is 34.3 Å². The number of imidazole rings is 2. The number of nitrogens with one attached hydrogen (secondary N) is 2. The van der Waals surface area contributed by atoms with Crippen molar-refractivity contribution in [1.29, 1.82) is 0 Å². The minimum absolute atomic E-state index is 0.112. The van der Waals surface area contributed by atoms with Crippen LogP contribution >= 0.6 is 15.9 Å². The summed E-state index contributed by atoms with van der Waals surface area (Å²) >= 11 is 3.38. The number of benzene rings is 2. The van der Waals surface area contributed by atoms with Gasteiger partial charge in [-0.15, -0.1) is 0 Å². The van der Waals surface area contributed by atoms with E-state index in [-0.39, 0.29) is 23.2 Å². The third-order valence-electron chi connectivity index (χ3n) is 8.58. The third kappa shape index (κ3) is 9.11. The Morgan fingerprint density at radius 1 is 0.475 bits per heavy atom. The third-order valence-corrected chi connectivity index (χ3v) is 9.11. The Balaban J connectivity index is 0.000000180. The van der Waals surface area contributed by atoms with Gasteiger partial charge in [0.15, 0.2) is 11.6 Å². The number of hydrogen-bond acceptors (Lipinski definition) is 8. The molecule has 2 aromatic carbocycles. The molecule has 8 aromatic rings. The SMILES string of the molecule is Cc1nc2ccc(C(F)(F)F)cn2c1-c1nccc(Nc2ccc(Br)cc2)n1.Cc1nc2ccc(C(F)(F)F)cn2c1-c1nccc(Nc2ccc(C(F)(F)F)cc2)n1. The molecule has 0 saturated heterocycles. The first-order chi connectivity index (χ1) is 27.8. The van der Waals surface area contributed by atoms with Crippen molar-refractivity contribution in [2.45, 2.75) is 32.4 Å². The van der Waals surface area contributed by atoms with Gasteiger partial charge in [0.2, 0.25) is 0 Å². The molecule has 10 nitrogen and oxygen atoms in total. The molecule has 2 N–H and O–H groups in total. The van der Waals surface area contributed by atoms with E-state index >= 15 is 0 Å². The fraction of sp³-hybridized carbons (Fsp3) is 0.128. The van der Waals surface area contributed by atoms with Crippen molar-refractivity contribution in [3.8, 4) is 23.0 Å². The zero-order chi connectivity index (χ0) is 42.3. The van der Waals surface area contributed by atoms with Crippen LogP contribution in [0.2, 0.25) is 0 Å². The van der Waals surface area contributed by atoms with Crippen LogP contribution in [0.25, 0.3) is 34.3 Å². The van der Waals surface area contributed by atoms with E-state index in [9.17, 15) is 39.5 Å². The molecule has 0 saturated carbocycles. The van der Waals surface area contributed by atoms with Crippen LogP contribution < -0.4 is 10.6 Å². The highest BCUT2D eigenvalue weighted by Crippen LogP contribution is 2.34. The lowest BCUT2D eigenvalue weighted by molar-refractivity contribution is -0.138. The van der Waals surface area contributed by atoms with E-state index in [0.29, 0.717) is 39.9 Å². The van der Waals surface area contributed by atoms with Gasteiger partial charge in [-0.3, -0.25) is 8.80 Å². The van der Waals surface area contributed by atoms with Crippen LogP contribution in [0.15, 0.2) is 114 Å². The number of fused-ring (bicyclic) bond motifs is 2. The van der Waals surface area contributed by atoms with Crippen molar-refractivity contribution in [2.24, 2.45) is 0 Å². The molecular formula is C39H26BrF9N10. The highest BCUT2D eigenvalue weighted by Gasteiger charge is 2.33. The Morgan fingerprint density at radius 3 is 1.24 bits per heavy atom. The summed E-state index contributed by atoms with van der Waals surface area (Å²) in [5.41, 5.74) is 1.13. The first-order valence-electron chi connectivity index (χ1n) is 17.1. The number of aromatic nitrogens is 8. The molecule has 0 unspecified atom stereocenters. The van der Waals surface area contributed by atoms with E-state index in [1.165, 1.54) is 45.3 Å². The Morgan fingerprint density at radius 2 is 0.847 bits per heavy atom.